The SMILES string of the molecule is Cc1ccc(NC(=O)COc2ccc(Br)cc2C)cc1Cl. The first-order chi connectivity index (χ1) is 9.95. The van der Waals surface area contributed by atoms with Gasteiger partial charge in [0.1, 0.15) is 5.75 Å². The lowest BCUT2D eigenvalue weighted by atomic mass is 10.2. The fraction of sp³-hybridized carbons (Fsp3) is 0.188. The molecule has 3 nitrogen and oxygen atoms in total. The molecule has 0 aliphatic rings. The van der Waals surface area contributed by atoms with Crippen molar-refractivity contribution in [2.45, 2.75) is 13.8 Å². The summed E-state index contributed by atoms with van der Waals surface area (Å²) in [6.45, 7) is 3.79. The quantitative estimate of drug-likeness (QED) is 0.846. The van der Waals surface area contributed by atoms with E-state index in [0.717, 1.165) is 15.6 Å². The number of benzene rings is 2. The first-order valence-corrected chi connectivity index (χ1v) is 7.58. The van der Waals surface area contributed by atoms with E-state index >= 15 is 0 Å². The van der Waals surface area contributed by atoms with Crippen LogP contribution in [0.5, 0.6) is 5.75 Å². The molecular weight excluding hydrogens is 354 g/mol. The molecule has 2 aromatic rings. The van der Waals surface area contributed by atoms with Crippen molar-refractivity contribution in [1.29, 1.82) is 0 Å². The van der Waals surface area contributed by atoms with Gasteiger partial charge in [0.05, 0.1) is 0 Å². The van der Waals surface area contributed by atoms with Gasteiger partial charge < -0.3 is 10.1 Å². The molecule has 110 valence electrons. The predicted molar refractivity (Wildman–Crippen MR) is 89.2 cm³/mol. The summed E-state index contributed by atoms with van der Waals surface area (Å²) in [5, 5.41) is 3.38. The normalized spacial score (nSPS) is 10.3. The van der Waals surface area contributed by atoms with E-state index in [1.54, 1.807) is 6.07 Å². The van der Waals surface area contributed by atoms with Crippen LogP contribution in [0.2, 0.25) is 5.02 Å². The van der Waals surface area contributed by atoms with E-state index in [1.807, 2.05) is 44.2 Å². The first kappa shape index (κ1) is 15.9. The van der Waals surface area contributed by atoms with Crippen LogP contribution in [-0.2, 0) is 4.79 Å². The van der Waals surface area contributed by atoms with E-state index in [1.165, 1.54) is 0 Å². The minimum Gasteiger partial charge on any atom is -0.483 e. The average Bonchev–Trinajstić information content (AvgIpc) is 2.42. The first-order valence-electron chi connectivity index (χ1n) is 6.40. The molecule has 0 saturated carbocycles. The van der Waals surface area contributed by atoms with E-state index in [9.17, 15) is 4.79 Å². The molecule has 2 rings (SSSR count). The van der Waals surface area contributed by atoms with Crippen LogP contribution in [0.25, 0.3) is 0 Å². The topological polar surface area (TPSA) is 38.3 Å². The number of hydrogen-bond acceptors (Lipinski definition) is 2. The highest BCUT2D eigenvalue weighted by Crippen LogP contribution is 2.22. The van der Waals surface area contributed by atoms with E-state index < -0.39 is 0 Å². The zero-order chi connectivity index (χ0) is 15.4. The minimum atomic E-state index is -0.225. The third kappa shape index (κ3) is 4.48. The summed E-state index contributed by atoms with van der Waals surface area (Å²) in [6.07, 6.45) is 0. The average molecular weight is 369 g/mol. The summed E-state index contributed by atoms with van der Waals surface area (Å²) >= 11 is 9.40. The summed E-state index contributed by atoms with van der Waals surface area (Å²) in [5.74, 6) is 0.465. The second-order valence-corrected chi connectivity index (χ2v) is 6.03. The van der Waals surface area contributed by atoms with Gasteiger partial charge >= 0.3 is 0 Å². The minimum absolute atomic E-state index is 0.0477. The summed E-state index contributed by atoms with van der Waals surface area (Å²) in [6, 6.07) is 11.0. The Morgan fingerprint density at radius 2 is 1.95 bits per heavy atom. The molecule has 1 N–H and O–H groups in total. The smallest absolute Gasteiger partial charge is 0.262 e. The van der Waals surface area contributed by atoms with Crippen molar-refractivity contribution in [1.82, 2.24) is 0 Å². The molecule has 0 saturated heterocycles. The lowest BCUT2D eigenvalue weighted by Crippen LogP contribution is -2.20. The third-order valence-corrected chi connectivity index (χ3v) is 3.85. The molecule has 0 aliphatic carbocycles. The number of carbonyl (C=O) groups is 1. The third-order valence-electron chi connectivity index (χ3n) is 2.95. The fourth-order valence-corrected chi connectivity index (χ4v) is 2.44. The van der Waals surface area contributed by atoms with Crippen molar-refractivity contribution in [3.8, 4) is 5.75 Å². The maximum atomic E-state index is 11.9. The molecule has 0 heterocycles. The molecule has 0 bridgehead atoms. The number of anilines is 1. The highest BCUT2D eigenvalue weighted by Gasteiger charge is 2.07. The molecule has 1 amide bonds. The molecule has 5 heteroatoms. The van der Waals surface area contributed by atoms with E-state index in [4.69, 9.17) is 16.3 Å². The van der Waals surface area contributed by atoms with Gasteiger partial charge in [-0.25, -0.2) is 0 Å². The van der Waals surface area contributed by atoms with E-state index in [2.05, 4.69) is 21.2 Å². The maximum Gasteiger partial charge on any atom is 0.262 e. The molecule has 21 heavy (non-hydrogen) atoms. The van der Waals surface area contributed by atoms with Crippen LogP contribution in [0.15, 0.2) is 40.9 Å². The highest BCUT2D eigenvalue weighted by atomic mass is 79.9. The van der Waals surface area contributed by atoms with Crippen molar-refractivity contribution < 1.29 is 9.53 Å². The summed E-state index contributed by atoms with van der Waals surface area (Å²) in [4.78, 5) is 11.9. The summed E-state index contributed by atoms with van der Waals surface area (Å²) < 4.78 is 6.49. The molecule has 0 unspecified atom stereocenters. The van der Waals surface area contributed by atoms with Crippen LogP contribution in [0, 0.1) is 13.8 Å². The van der Waals surface area contributed by atoms with Gasteiger partial charge in [-0.15, -0.1) is 0 Å². The van der Waals surface area contributed by atoms with Crippen molar-refractivity contribution in [3.05, 3.63) is 57.0 Å². The molecular formula is C16H15BrClNO2. The summed E-state index contributed by atoms with van der Waals surface area (Å²) in [7, 11) is 0. The number of rotatable bonds is 4. The molecule has 2 aromatic carbocycles. The van der Waals surface area contributed by atoms with Gasteiger partial charge in [0, 0.05) is 15.2 Å². The van der Waals surface area contributed by atoms with E-state index in [0.29, 0.717) is 16.5 Å². The van der Waals surface area contributed by atoms with Gasteiger partial charge in [-0.1, -0.05) is 33.6 Å². The number of carbonyl (C=O) groups excluding carboxylic acids is 1. The van der Waals surface area contributed by atoms with Gasteiger partial charge in [0.2, 0.25) is 0 Å². The number of halogens is 2. The number of aryl methyl sites for hydroxylation is 2. The van der Waals surface area contributed by atoms with E-state index in [-0.39, 0.29) is 12.5 Å². The van der Waals surface area contributed by atoms with Crippen LogP contribution < -0.4 is 10.1 Å². The molecule has 0 aliphatic heterocycles. The van der Waals surface area contributed by atoms with Crippen molar-refractivity contribution in [3.63, 3.8) is 0 Å². The zero-order valence-electron chi connectivity index (χ0n) is 11.7. The Kier molecular flexibility index (Phi) is 5.26. The molecule has 0 aromatic heterocycles. The molecule has 0 spiro atoms. The Labute approximate surface area is 137 Å². The van der Waals surface area contributed by atoms with Crippen molar-refractivity contribution >= 4 is 39.1 Å². The summed E-state index contributed by atoms with van der Waals surface area (Å²) in [5.41, 5.74) is 2.60. The fourth-order valence-electron chi connectivity index (χ4n) is 1.79. The second kappa shape index (κ2) is 6.96. The zero-order valence-corrected chi connectivity index (χ0v) is 14.1. The van der Waals surface area contributed by atoms with Crippen molar-refractivity contribution in [2.24, 2.45) is 0 Å². The number of amides is 1. The Morgan fingerprint density at radius 3 is 2.62 bits per heavy atom. The van der Waals surface area contributed by atoms with Crippen LogP contribution in [0.1, 0.15) is 11.1 Å². The lowest BCUT2D eigenvalue weighted by Gasteiger charge is -2.10. The lowest BCUT2D eigenvalue weighted by molar-refractivity contribution is -0.118. The largest absolute Gasteiger partial charge is 0.483 e. The van der Waals surface area contributed by atoms with Crippen molar-refractivity contribution in [2.75, 3.05) is 11.9 Å². The highest BCUT2D eigenvalue weighted by molar-refractivity contribution is 9.10. The van der Waals surface area contributed by atoms with Crippen LogP contribution in [0.4, 0.5) is 5.69 Å². The van der Waals surface area contributed by atoms with Crippen LogP contribution in [0.3, 0.4) is 0 Å². The van der Waals surface area contributed by atoms with Gasteiger partial charge in [-0.3, -0.25) is 4.79 Å². The molecule has 0 fully saturated rings. The van der Waals surface area contributed by atoms with Gasteiger partial charge in [0.15, 0.2) is 6.61 Å². The molecule has 0 atom stereocenters. The number of hydrogen-bond donors (Lipinski definition) is 1. The standard InChI is InChI=1S/C16H15BrClNO2/c1-10-3-5-13(8-14(10)18)19-16(20)9-21-15-6-4-12(17)7-11(15)2/h3-8H,9H2,1-2H3,(H,19,20). The van der Waals surface area contributed by atoms with Gasteiger partial charge in [-0.05, 0) is 55.3 Å². The van der Waals surface area contributed by atoms with Gasteiger partial charge in [-0.2, -0.15) is 0 Å². The van der Waals surface area contributed by atoms with Crippen LogP contribution in [-0.4, -0.2) is 12.5 Å². The maximum absolute atomic E-state index is 11.9. The Morgan fingerprint density at radius 1 is 1.19 bits per heavy atom. The number of nitrogens with one attached hydrogen (secondary N) is 1. The Bertz CT molecular complexity index is 673. The monoisotopic (exact) mass is 367 g/mol. The molecule has 0 radical (unpaired) electrons. The predicted octanol–water partition coefficient (Wildman–Crippen LogP) is 4.74. The number of ether oxygens (including phenoxy) is 1. The van der Waals surface area contributed by atoms with Crippen LogP contribution >= 0.6 is 27.5 Å². The second-order valence-electron chi connectivity index (χ2n) is 4.71. The Balaban J connectivity index is 1.94. The Hall–Kier alpha value is -1.52. The van der Waals surface area contributed by atoms with Gasteiger partial charge in [0.25, 0.3) is 5.91 Å².